The molecule has 1 aliphatic rings. The summed E-state index contributed by atoms with van der Waals surface area (Å²) in [5.41, 5.74) is 5.18. The predicted octanol–water partition coefficient (Wildman–Crippen LogP) is 3.06. The van der Waals surface area contributed by atoms with Crippen molar-refractivity contribution in [2.75, 3.05) is 16.4 Å². The standard InChI is InChI=1S/C23H20F3N9O2/c1-22(20(36)30-13-7-2-3-9-28-13)14-16(27)31-18(32-17(14)33-21(22)37)15-12-6-4-10-29-19(12)35(34-15)11-5-8-23(24,25)26/h2-4,6-7,9-10H,5,8,11H2,1H3,(H,28,30,36)(H3,27,31,32,33,37). The van der Waals surface area contributed by atoms with Crippen LogP contribution in [0, 0.1) is 0 Å². The Morgan fingerprint density at radius 3 is 2.68 bits per heavy atom. The Hall–Kier alpha value is -4.62. The van der Waals surface area contributed by atoms with Crippen LogP contribution in [0.2, 0.25) is 0 Å². The number of carbonyl (C=O) groups is 2. The van der Waals surface area contributed by atoms with Crippen LogP contribution in [0.4, 0.5) is 30.6 Å². The van der Waals surface area contributed by atoms with Gasteiger partial charge in [-0.3, -0.25) is 9.59 Å². The lowest BCUT2D eigenvalue weighted by molar-refractivity contribution is -0.136. The van der Waals surface area contributed by atoms with Crippen LogP contribution in [-0.4, -0.2) is 47.7 Å². The molecule has 4 aromatic heterocycles. The number of amides is 2. The number of nitrogen functional groups attached to an aromatic ring is 1. The van der Waals surface area contributed by atoms with Crippen LogP contribution < -0.4 is 16.4 Å². The maximum absolute atomic E-state index is 13.1. The van der Waals surface area contributed by atoms with E-state index in [4.69, 9.17) is 5.73 Å². The molecule has 0 bridgehead atoms. The smallest absolute Gasteiger partial charge is 0.383 e. The summed E-state index contributed by atoms with van der Waals surface area (Å²) < 4.78 is 39.3. The average Bonchev–Trinajstić information content (AvgIpc) is 3.34. The fraction of sp³-hybridized carbons (Fsp3) is 0.261. The highest BCUT2D eigenvalue weighted by Crippen LogP contribution is 2.42. The molecule has 0 aromatic carbocycles. The van der Waals surface area contributed by atoms with Gasteiger partial charge in [0, 0.05) is 25.4 Å². The van der Waals surface area contributed by atoms with Gasteiger partial charge in [-0.1, -0.05) is 6.07 Å². The van der Waals surface area contributed by atoms with Gasteiger partial charge in [-0.25, -0.2) is 24.6 Å². The number of alkyl halides is 3. The molecule has 0 spiro atoms. The molecule has 1 aliphatic heterocycles. The third kappa shape index (κ3) is 4.30. The number of hydrogen-bond acceptors (Lipinski definition) is 8. The second kappa shape index (κ2) is 8.80. The van der Waals surface area contributed by atoms with Crippen LogP contribution in [0.25, 0.3) is 22.6 Å². The Kier molecular flexibility index (Phi) is 5.73. The summed E-state index contributed by atoms with van der Waals surface area (Å²) in [7, 11) is 0. The number of halogens is 3. The molecule has 0 saturated heterocycles. The maximum Gasteiger partial charge on any atom is 0.389 e. The molecule has 4 N–H and O–H groups in total. The third-order valence-electron chi connectivity index (χ3n) is 6.03. The predicted molar refractivity (Wildman–Crippen MR) is 127 cm³/mol. The largest absolute Gasteiger partial charge is 0.389 e. The lowest BCUT2D eigenvalue weighted by atomic mass is 9.83. The highest BCUT2D eigenvalue weighted by Gasteiger charge is 2.52. The monoisotopic (exact) mass is 511 g/mol. The van der Waals surface area contributed by atoms with E-state index in [9.17, 15) is 22.8 Å². The topological polar surface area (TPSA) is 154 Å². The minimum atomic E-state index is -4.29. The van der Waals surface area contributed by atoms with Gasteiger partial charge in [0.25, 0.3) is 0 Å². The molecule has 5 rings (SSSR count). The first-order chi connectivity index (χ1) is 17.6. The van der Waals surface area contributed by atoms with Gasteiger partial charge in [-0.2, -0.15) is 18.3 Å². The maximum atomic E-state index is 13.1. The summed E-state index contributed by atoms with van der Waals surface area (Å²) in [5.74, 6) is -1.14. The molecule has 0 aliphatic carbocycles. The number of rotatable bonds is 6. The van der Waals surface area contributed by atoms with E-state index >= 15 is 0 Å². The normalized spacial score (nSPS) is 17.0. The molecule has 0 radical (unpaired) electrons. The van der Waals surface area contributed by atoms with Crippen molar-refractivity contribution in [3.8, 4) is 11.5 Å². The van der Waals surface area contributed by atoms with Crippen LogP contribution in [0.5, 0.6) is 0 Å². The lowest BCUT2D eigenvalue weighted by Crippen LogP contribution is -2.44. The van der Waals surface area contributed by atoms with Crippen LogP contribution >= 0.6 is 0 Å². The van der Waals surface area contributed by atoms with Crippen molar-refractivity contribution < 1.29 is 22.8 Å². The molecule has 1 unspecified atom stereocenters. The van der Waals surface area contributed by atoms with Gasteiger partial charge in [0.05, 0.1) is 10.9 Å². The number of pyridine rings is 2. The molecule has 1 atom stereocenters. The number of carbonyl (C=O) groups excluding carboxylic acids is 2. The summed E-state index contributed by atoms with van der Waals surface area (Å²) in [5, 5.41) is 10.1. The van der Waals surface area contributed by atoms with Crippen LogP contribution in [0.3, 0.4) is 0 Å². The van der Waals surface area contributed by atoms with E-state index in [-0.39, 0.29) is 47.5 Å². The number of anilines is 3. The molecule has 5 heterocycles. The Labute approximate surface area is 207 Å². The summed E-state index contributed by atoms with van der Waals surface area (Å²) >= 11 is 0. The van der Waals surface area contributed by atoms with E-state index in [1.165, 1.54) is 24.0 Å². The van der Waals surface area contributed by atoms with E-state index in [0.29, 0.717) is 11.0 Å². The van der Waals surface area contributed by atoms with Crippen molar-refractivity contribution in [2.45, 2.75) is 37.9 Å². The Morgan fingerprint density at radius 2 is 1.95 bits per heavy atom. The van der Waals surface area contributed by atoms with Gasteiger partial charge in [0.15, 0.2) is 16.9 Å². The Morgan fingerprint density at radius 1 is 1.16 bits per heavy atom. The number of nitrogens with one attached hydrogen (secondary N) is 2. The molecule has 0 fully saturated rings. The quantitative estimate of drug-likeness (QED) is 0.334. The van der Waals surface area contributed by atoms with Crippen LogP contribution in [-0.2, 0) is 21.5 Å². The zero-order valence-electron chi connectivity index (χ0n) is 19.4. The Bertz CT molecular complexity index is 1520. The van der Waals surface area contributed by atoms with Gasteiger partial charge in [-0.05, 0) is 37.6 Å². The number of fused-ring (bicyclic) bond motifs is 2. The molecule has 14 heteroatoms. The van der Waals surface area contributed by atoms with Crippen molar-refractivity contribution in [2.24, 2.45) is 0 Å². The van der Waals surface area contributed by atoms with Gasteiger partial charge in [0.2, 0.25) is 11.8 Å². The van der Waals surface area contributed by atoms with Crippen molar-refractivity contribution in [1.82, 2.24) is 29.7 Å². The fourth-order valence-corrected chi connectivity index (χ4v) is 4.17. The molecular formula is C23H20F3N9O2. The highest BCUT2D eigenvalue weighted by molar-refractivity contribution is 6.23. The minimum absolute atomic E-state index is 0.0264. The molecule has 2 amide bonds. The van der Waals surface area contributed by atoms with Gasteiger partial charge in [0.1, 0.15) is 23.1 Å². The molecule has 4 aromatic rings. The van der Waals surface area contributed by atoms with Crippen molar-refractivity contribution in [3.63, 3.8) is 0 Å². The third-order valence-corrected chi connectivity index (χ3v) is 6.03. The summed E-state index contributed by atoms with van der Waals surface area (Å²) in [4.78, 5) is 43.1. The summed E-state index contributed by atoms with van der Waals surface area (Å²) in [6.07, 6.45) is -2.46. The van der Waals surface area contributed by atoms with Crippen molar-refractivity contribution >= 4 is 40.3 Å². The van der Waals surface area contributed by atoms with Gasteiger partial charge in [-0.15, -0.1) is 0 Å². The average molecular weight is 511 g/mol. The first-order valence-electron chi connectivity index (χ1n) is 11.2. The van der Waals surface area contributed by atoms with Crippen LogP contribution in [0.15, 0.2) is 42.7 Å². The van der Waals surface area contributed by atoms with E-state index in [1.807, 2.05) is 0 Å². The summed E-state index contributed by atoms with van der Waals surface area (Å²) in [6.45, 7) is 1.37. The van der Waals surface area contributed by atoms with Gasteiger partial charge >= 0.3 is 6.18 Å². The van der Waals surface area contributed by atoms with Crippen molar-refractivity contribution in [1.29, 1.82) is 0 Å². The van der Waals surface area contributed by atoms with E-state index in [2.05, 4.69) is 35.7 Å². The van der Waals surface area contributed by atoms with Gasteiger partial charge < -0.3 is 16.4 Å². The summed E-state index contributed by atoms with van der Waals surface area (Å²) in [6, 6.07) is 8.26. The number of aromatic nitrogens is 6. The number of nitrogens with zero attached hydrogens (tertiary/aromatic N) is 6. The second-order valence-electron chi connectivity index (χ2n) is 8.57. The molecule has 190 valence electrons. The highest BCUT2D eigenvalue weighted by atomic mass is 19.4. The lowest BCUT2D eigenvalue weighted by Gasteiger charge is -2.21. The van der Waals surface area contributed by atoms with E-state index in [0.717, 1.165) is 0 Å². The number of aryl methyl sites for hydroxylation is 1. The fourth-order valence-electron chi connectivity index (χ4n) is 4.17. The van der Waals surface area contributed by atoms with Crippen molar-refractivity contribution in [3.05, 3.63) is 48.3 Å². The molecular weight excluding hydrogens is 491 g/mol. The zero-order chi connectivity index (χ0) is 26.4. The molecule has 37 heavy (non-hydrogen) atoms. The minimum Gasteiger partial charge on any atom is -0.383 e. The second-order valence-corrected chi connectivity index (χ2v) is 8.57. The van der Waals surface area contributed by atoms with Crippen LogP contribution in [0.1, 0.15) is 25.3 Å². The first-order valence-corrected chi connectivity index (χ1v) is 11.2. The van der Waals surface area contributed by atoms with E-state index < -0.39 is 29.8 Å². The van der Waals surface area contributed by atoms with E-state index in [1.54, 1.807) is 30.3 Å². The number of nitrogens with two attached hydrogens (primary N) is 1. The molecule has 0 saturated carbocycles. The SMILES string of the molecule is CC1(C(=O)Nc2ccccn2)C(=O)Nc2nc(-c3nn(CCCC(F)(F)F)c4ncccc34)nc(N)c21. The zero-order valence-corrected chi connectivity index (χ0v) is 19.4. The number of hydrogen-bond donors (Lipinski definition) is 3. The first kappa shape index (κ1) is 24.1. The Balaban J connectivity index is 1.52. The molecule has 11 nitrogen and oxygen atoms in total.